The Morgan fingerprint density at radius 3 is 2.40 bits per heavy atom. The molecule has 0 atom stereocenters. The smallest absolute Gasteiger partial charge is 0.174 e. The summed E-state index contributed by atoms with van der Waals surface area (Å²) in [5, 5.41) is 0. The van der Waals surface area contributed by atoms with Crippen molar-refractivity contribution in [2.24, 2.45) is 0 Å². The lowest BCUT2D eigenvalue weighted by Gasteiger charge is -2.16. The van der Waals surface area contributed by atoms with Crippen molar-refractivity contribution in [2.45, 2.75) is 40.0 Å². The molecule has 3 nitrogen and oxygen atoms in total. The summed E-state index contributed by atoms with van der Waals surface area (Å²) in [5.74, 6) is 0. The maximum atomic E-state index is 5.35. The Hall–Kier alpha value is -1.38. The molecular formula is C12H18N2O. The highest BCUT2D eigenvalue weighted by molar-refractivity contribution is 5.75. The minimum atomic E-state index is -0.000949. The van der Waals surface area contributed by atoms with Gasteiger partial charge >= 0.3 is 0 Å². The quantitative estimate of drug-likeness (QED) is 0.661. The third-order valence-corrected chi connectivity index (χ3v) is 1.95. The van der Waals surface area contributed by atoms with E-state index in [0.717, 1.165) is 16.8 Å². The second-order valence-corrected chi connectivity index (χ2v) is 4.11. The van der Waals surface area contributed by atoms with E-state index in [9.17, 15) is 0 Å². The van der Waals surface area contributed by atoms with Gasteiger partial charge in [-0.2, -0.15) is 0 Å². The number of hydrogen-bond acceptors (Lipinski definition) is 3. The molecule has 0 N–H and O–H groups in total. The van der Waals surface area contributed by atoms with Gasteiger partial charge in [-0.25, -0.2) is 9.97 Å². The molecule has 3 heteroatoms. The summed E-state index contributed by atoms with van der Waals surface area (Å²) in [6.07, 6.45) is 3.23. The van der Waals surface area contributed by atoms with Gasteiger partial charge in [-0.05, 0) is 0 Å². The van der Waals surface area contributed by atoms with Crippen LogP contribution in [0.5, 0.6) is 0 Å². The summed E-state index contributed by atoms with van der Waals surface area (Å²) in [6, 6.07) is 1.85. The summed E-state index contributed by atoms with van der Waals surface area (Å²) in [5.41, 5.74) is 2.64. The van der Waals surface area contributed by atoms with Gasteiger partial charge in [0.05, 0.1) is 12.0 Å². The van der Waals surface area contributed by atoms with Gasteiger partial charge < -0.3 is 4.42 Å². The maximum absolute atomic E-state index is 5.35. The first-order valence-corrected chi connectivity index (χ1v) is 5.28. The fraction of sp³-hybridized carbons (Fsp3) is 0.500. The summed E-state index contributed by atoms with van der Waals surface area (Å²) in [7, 11) is 0. The highest BCUT2D eigenvalue weighted by atomic mass is 16.3. The molecule has 0 saturated carbocycles. The molecule has 2 heterocycles. The number of aromatic nitrogens is 2. The van der Waals surface area contributed by atoms with E-state index in [2.05, 4.69) is 30.7 Å². The van der Waals surface area contributed by atoms with Crippen molar-refractivity contribution in [3.8, 4) is 0 Å². The van der Waals surface area contributed by atoms with Gasteiger partial charge in [-0.1, -0.05) is 34.6 Å². The van der Waals surface area contributed by atoms with E-state index in [4.69, 9.17) is 4.42 Å². The summed E-state index contributed by atoms with van der Waals surface area (Å²) in [4.78, 5) is 8.36. The van der Waals surface area contributed by atoms with Crippen LogP contribution in [-0.4, -0.2) is 9.97 Å². The van der Waals surface area contributed by atoms with E-state index < -0.39 is 0 Å². The lowest BCUT2D eigenvalue weighted by molar-refractivity contribution is 0.540. The molecule has 0 saturated heterocycles. The standard InChI is InChI=1S/C10H12N2O.C2H6/c1-10(2,3)9-8-7(4-5-13-8)11-6-12-9;1-2/h4-6H,1-3H3;1-2H3. The van der Waals surface area contributed by atoms with Crippen molar-refractivity contribution in [1.82, 2.24) is 9.97 Å². The fourth-order valence-electron chi connectivity index (χ4n) is 1.32. The van der Waals surface area contributed by atoms with E-state index >= 15 is 0 Å². The maximum Gasteiger partial charge on any atom is 0.174 e. The molecule has 0 bridgehead atoms. The fourth-order valence-corrected chi connectivity index (χ4v) is 1.32. The molecule has 0 fully saturated rings. The summed E-state index contributed by atoms with van der Waals surface area (Å²) in [6.45, 7) is 10.3. The zero-order valence-electron chi connectivity index (χ0n) is 10.0. The average Bonchev–Trinajstić information content (AvgIpc) is 2.66. The van der Waals surface area contributed by atoms with Crippen molar-refractivity contribution < 1.29 is 4.42 Å². The zero-order chi connectivity index (χ0) is 11.5. The normalized spacial score (nSPS) is 11.0. The summed E-state index contributed by atoms with van der Waals surface area (Å²) < 4.78 is 5.35. The highest BCUT2D eigenvalue weighted by Crippen LogP contribution is 2.26. The van der Waals surface area contributed by atoms with Crippen LogP contribution in [0.4, 0.5) is 0 Å². The Balaban J connectivity index is 0.000000531. The van der Waals surface area contributed by atoms with Gasteiger partial charge in [-0.15, -0.1) is 0 Å². The molecule has 2 aromatic heterocycles. The Morgan fingerprint density at radius 1 is 1.13 bits per heavy atom. The van der Waals surface area contributed by atoms with Crippen molar-refractivity contribution in [2.75, 3.05) is 0 Å². The van der Waals surface area contributed by atoms with Crippen LogP contribution in [-0.2, 0) is 5.41 Å². The van der Waals surface area contributed by atoms with Crippen molar-refractivity contribution >= 4 is 11.1 Å². The molecule has 0 spiro atoms. The Bertz CT molecular complexity index is 426. The molecule has 0 radical (unpaired) electrons. The van der Waals surface area contributed by atoms with Gasteiger partial charge in [0.2, 0.25) is 0 Å². The van der Waals surface area contributed by atoms with Crippen LogP contribution < -0.4 is 0 Å². The number of rotatable bonds is 0. The van der Waals surface area contributed by atoms with Crippen molar-refractivity contribution in [3.05, 3.63) is 24.4 Å². The number of nitrogens with zero attached hydrogens (tertiary/aromatic N) is 2. The molecule has 0 aliphatic rings. The third-order valence-electron chi connectivity index (χ3n) is 1.95. The second-order valence-electron chi connectivity index (χ2n) is 4.11. The minimum Gasteiger partial charge on any atom is -0.461 e. The van der Waals surface area contributed by atoms with Crippen LogP contribution in [0.1, 0.15) is 40.3 Å². The van der Waals surface area contributed by atoms with Crippen molar-refractivity contribution in [3.63, 3.8) is 0 Å². The van der Waals surface area contributed by atoms with Crippen LogP contribution in [0.25, 0.3) is 11.1 Å². The zero-order valence-corrected chi connectivity index (χ0v) is 10.0. The predicted octanol–water partition coefficient (Wildman–Crippen LogP) is 3.55. The van der Waals surface area contributed by atoms with Crippen LogP contribution in [0.15, 0.2) is 23.1 Å². The predicted molar refractivity (Wildman–Crippen MR) is 61.9 cm³/mol. The molecule has 0 unspecified atom stereocenters. The van der Waals surface area contributed by atoms with E-state index in [1.165, 1.54) is 0 Å². The van der Waals surface area contributed by atoms with Gasteiger partial charge in [0, 0.05) is 11.5 Å². The van der Waals surface area contributed by atoms with Gasteiger partial charge in [-0.3, -0.25) is 0 Å². The van der Waals surface area contributed by atoms with Gasteiger partial charge in [0.1, 0.15) is 11.8 Å². The van der Waals surface area contributed by atoms with Gasteiger partial charge in [0.25, 0.3) is 0 Å². The molecule has 2 aromatic rings. The third kappa shape index (κ3) is 2.35. The van der Waals surface area contributed by atoms with Crippen LogP contribution in [0.2, 0.25) is 0 Å². The van der Waals surface area contributed by atoms with Crippen LogP contribution >= 0.6 is 0 Å². The number of fused-ring (bicyclic) bond motifs is 1. The Morgan fingerprint density at radius 2 is 1.80 bits per heavy atom. The summed E-state index contributed by atoms with van der Waals surface area (Å²) >= 11 is 0. The molecule has 0 aliphatic carbocycles. The molecule has 15 heavy (non-hydrogen) atoms. The molecule has 0 aromatic carbocycles. The Kier molecular flexibility index (Phi) is 3.45. The van der Waals surface area contributed by atoms with Crippen LogP contribution in [0.3, 0.4) is 0 Å². The molecule has 2 rings (SSSR count). The van der Waals surface area contributed by atoms with E-state index in [1.807, 2.05) is 19.9 Å². The lowest BCUT2D eigenvalue weighted by Crippen LogP contribution is -2.13. The SMILES string of the molecule is CC.CC(C)(C)c1ncnc2ccoc12. The molecular weight excluding hydrogens is 188 g/mol. The second kappa shape index (κ2) is 4.43. The monoisotopic (exact) mass is 206 g/mol. The van der Waals surface area contributed by atoms with Crippen molar-refractivity contribution in [1.29, 1.82) is 0 Å². The van der Waals surface area contributed by atoms with E-state index in [-0.39, 0.29) is 5.41 Å². The van der Waals surface area contributed by atoms with E-state index in [0.29, 0.717) is 0 Å². The van der Waals surface area contributed by atoms with Crippen LogP contribution in [0, 0.1) is 0 Å². The molecule has 0 aliphatic heterocycles. The topological polar surface area (TPSA) is 38.9 Å². The largest absolute Gasteiger partial charge is 0.461 e. The average molecular weight is 206 g/mol. The minimum absolute atomic E-state index is 0.000949. The number of furan rings is 1. The highest BCUT2D eigenvalue weighted by Gasteiger charge is 2.20. The van der Waals surface area contributed by atoms with E-state index in [1.54, 1.807) is 12.6 Å². The molecule has 82 valence electrons. The lowest BCUT2D eigenvalue weighted by atomic mass is 9.91. The van der Waals surface area contributed by atoms with Gasteiger partial charge in [0.15, 0.2) is 5.58 Å². The first-order chi connectivity index (χ1) is 7.09. The number of hydrogen-bond donors (Lipinski definition) is 0. The Labute approximate surface area is 90.5 Å². The molecule has 0 amide bonds. The first-order valence-electron chi connectivity index (χ1n) is 5.28. The first kappa shape index (κ1) is 11.7.